The van der Waals surface area contributed by atoms with Gasteiger partial charge in [-0.05, 0) is 19.1 Å². The minimum absolute atomic E-state index is 0.0207. The van der Waals surface area contributed by atoms with Crippen molar-refractivity contribution >= 4 is 43.3 Å². The molecule has 30 heavy (non-hydrogen) atoms. The van der Waals surface area contributed by atoms with Gasteiger partial charge in [0, 0.05) is 11.8 Å². The molecule has 0 saturated carbocycles. The van der Waals surface area contributed by atoms with E-state index in [0.717, 1.165) is 23.2 Å². The fourth-order valence-corrected chi connectivity index (χ4v) is 4.41. The van der Waals surface area contributed by atoms with Gasteiger partial charge in [-0.15, -0.1) is 0 Å². The van der Waals surface area contributed by atoms with E-state index in [2.05, 4.69) is 15.6 Å². The standard InChI is InChI=1S/C20H19N3O5S2/c1-3-28-20(25)23-19-21-16(13-9-5-4-6-10-13)18(29-19)22-17(24)14-11-7-8-12-15(14)30(2,26)27/h4-12H,3H2,1-2H3,(H,22,24)(H,21,23,25). The molecule has 10 heteroatoms. The largest absolute Gasteiger partial charge is 0.450 e. The van der Waals surface area contributed by atoms with Gasteiger partial charge in [-0.3, -0.25) is 10.1 Å². The van der Waals surface area contributed by atoms with Crippen LogP contribution in [0, 0.1) is 0 Å². The number of hydrogen-bond acceptors (Lipinski definition) is 7. The minimum Gasteiger partial charge on any atom is -0.450 e. The first-order chi connectivity index (χ1) is 14.3. The molecule has 2 amide bonds. The smallest absolute Gasteiger partial charge is 0.413 e. The molecule has 0 saturated heterocycles. The normalized spacial score (nSPS) is 11.0. The van der Waals surface area contributed by atoms with E-state index in [1.165, 1.54) is 12.1 Å². The maximum Gasteiger partial charge on any atom is 0.413 e. The Bertz CT molecular complexity index is 1170. The molecule has 1 aromatic heterocycles. The Balaban J connectivity index is 1.98. The first-order valence-corrected chi connectivity index (χ1v) is 11.6. The van der Waals surface area contributed by atoms with Crippen molar-refractivity contribution in [3.63, 3.8) is 0 Å². The zero-order chi connectivity index (χ0) is 21.7. The molecule has 0 aliphatic heterocycles. The SMILES string of the molecule is CCOC(=O)Nc1nc(-c2ccccc2)c(NC(=O)c2ccccc2S(C)(=O)=O)s1. The molecule has 0 radical (unpaired) electrons. The van der Waals surface area contributed by atoms with E-state index in [4.69, 9.17) is 4.74 Å². The molecule has 3 rings (SSSR count). The van der Waals surface area contributed by atoms with E-state index in [-0.39, 0.29) is 22.2 Å². The lowest BCUT2D eigenvalue weighted by molar-refractivity contribution is 0.102. The summed E-state index contributed by atoms with van der Waals surface area (Å²) in [4.78, 5) is 29.0. The van der Waals surface area contributed by atoms with Gasteiger partial charge in [0.1, 0.15) is 10.7 Å². The second kappa shape index (κ2) is 9.06. The van der Waals surface area contributed by atoms with Gasteiger partial charge >= 0.3 is 6.09 Å². The van der Waals surface area contributed by atoms with Gasteiger partial charge in [-0.1, -0.05) is 53.8 Å². The molecule has 3 aromatic rings. The maximum atomic E-state index is 12.9. The number of amides is 2. The highest BCUT2D eigenvalue weighted by molar-refractivity contribution is 7.90. The summed E-state index contributed by atoms with van der Waals surface area (Å²) >= 11 is 1.04. The minimum atomic E-state index is -3.60. The molecule has 2 aromatic carbocycles. The lowest BCUT2D eigenvalue weighted by atomic mass is 10.1. The lowest BCUT2D eigenvalue weighted by Crippen LogP contribution is -2.15. The molecule has 0 aliphatic carbocycles. The van der Waals surface area contributed by atoms with E-state index >= 15 is 0 Å². The third-order valence-electron chi connectivity index (χ3n) is 3.92. The molecule has 0 fully saturated rings. The van der Waals surface area contributed by atoms with Crippen LogP contribution in [0.5, 0.6) is 0 Å². The van der Waals surface area contributed by atoms with Crippen LogP contribution in [0.4, 0.5) is 14.9 Å². The van der Waals surface area contributed by atoms with Crippen molar-refractivity contribution in [3.8, 4) is 11.3 Å². The predicted molar refractivity (Wildman–Crippen MR) is 116 cm³/mol. The zero-order valence-electron chi connectivity index (χ0n) is 16.2. The molecule has 0 bridgehead atoms. The number of ether oxygens (including phenoxy) is 1. The number of nitrogens with one attached hydrogen (secondary N) is 2. The Morgan fingerprint density at radius 3 is 2.37 bits per heavy atom. The molecular weight excluding hydrogens is 426 g/mol. The van der Waals surface area contributed by atoms with Crippen molar-refractivity contribution in [3.05, 3.63) is 60.2 Å². The fraction of sp³-hybridized carbons (Fsp3) is 0.150. The molecule has 8 nitrogen and oxygen atoms in total. The second-order valence-electron chi connectivity index (χ2n) is 6.13. The van der Waals surface area contributed by atoms with Crippen molar-refractivity contribution in [2.75, 3.05) is 23.5 Å². The Kier molecular flexibility index (Phi) is 6.48. The summed E-state index contributed by atoms with van der Waals surface area (Å²) in [6.45, 7) is 1.89. The maximum absolute atomic E-state index is 12.9. The number of sulfone groups is 1. The lowest BCUT2D eigenvalue weighted by Gasteiger charge is -2.09. The monoisotopic (exact) mass is 445 g/mol. The summed E-state index contributed by atoms with van der Waals surface area (Å²) < 4.78 is 28.9. The molecule has 0 unspecified atom stereocenters. The summed E-state index contributed by atoms with van der Waals surface area (Å²) in [5, 5.41) is 5.84. The number of nitrogens with zero attached hydrogens (tertiary/aromatic N) is 1. The van der Waals surface area contributed by atoms with Gasteiger partial charge in [0.25, 0.3) is 5.91 Å². The number of carbonyl (C=O) groups is 2. The number of thiazole rings is 1. The van der Waals surface area contributed by atoms with E-state index in [0.29, 0.717) is 10.7 Å². The van der Waals surface area contributed by atoms with E-state index in [1.54, 1.807) is 19.1 Å². The van der Waals surface area contributed by atoms with Crippen LogP contribution < -0.4 is 10.6 Å². The number of aromatic nitrogens is 1. The van der Waals surface area contributed by atoms with Gasteiger partial charge in [0.2, 0.25) is 0 Å². The van der Waals surface area contributed by atoms with Crippen LogP contribution in [0.15, 0.2) is 59.5 Å². The van der Waals surface area contributed by atoms with Gasteiger partial charge in [-0.25, -0.2) is 18.2 Å². The Morgan fingerprint density at radius 2 is 1.70 bits per heavy atom. The van der Waals surface area contributed by atoms with Gasteiger partial charge in [0.15, 0.2) is 15.0 Å². The number of hydrogen-bond donors (Lipinski definition) is 2. The van der Waals surface area contributed by atoms with Crippen LogP contribution in [0.1, 0.15) is 17.3 Å². The van der Waals surface area contributed by atoms with E-state index < -0.39 is 21.8 Å². The third-order valence-corrected chi connectivity index (χ3v) is 5.96. The summed E-state index contributed by atoms with van der Waals surface area (Å²) in [5.41, 5.74) is 1.18. The number of anilines is 2. The fourth-order valence-electron chi connectivity index (χ4n) is 2.65. The van der Waals surface area contributed by atoms with Crippen LogP contribution in [0.2, 0.25) is 0 Å². The van der Waals surface area contributed by atoms with Crippen LogP contribution in [0.3, 0.4) is 0 Å². The van der Waals surface area contributed by atoms with Crippen LogP contribution in [0.25, 0.3) is 11.3 Å². The summed E-state index contributed by atoms with van der Waals surface area (Å²) in [7, 11) is -3.60. The summed E-state index contributed by atoms with van der Waals surface area (Å²) in [5.74, 6) is -0.598. The van der Waals surface area contributed by atoms with Gasteiger partial charge in [-0.2, -0.15) is 0 Å². The van der Waals surface area contributed by atoms with Crippen LogP contribution in [-0.4, -0.2) is 38.3 Å². The number of benzene rings is 2. The zero-order valence-corrected chi connectivity index (χ0v) is 17.8. The van der Waals surface area contributed by atoms with Crippen molar-refractivity contribution in [1.29, 1.82) is 0 Å². The molecule has 0 aliphatic rings. The van der Waals surface area contributed by atoms with Gasteiger partial charge < -0.3 is 10.1 Å². The highest BCUT2D eigenvalue weighted by Gasteiger charge is 2.22. The Hall–Kier alpha value is -3.24. The average Bonchev–Trinajstić information content (AvgIpc) is 3.10. The quantitative estimate of drug-likeness (QED) is 0.592. The second-order valence-corrected chi connectivity index (χ2v) is 9.11. The highest BCUT2D eigenvalue weighted by Crippen LogP contribution is 2.36. The molecule has 0 spiro atoms. The summed E-state index contributed by atoms with van der Waals surface area (Å²) in [6, 6.07) is 15.0. The van der Waals surface area contributed by atoms with Crippen LogP contribution in [-0.2, 0) is 14.6 Å². The average molecular weight is 446 g/mol. The van der Waals surface area contributed by atoms with Gasteiger partial charge in [0.05, 0.1) is 17.1 Å². The van der Waals surface area contributed by atoms with Crippen molar-refractivity contribution in [2.45, 2.75) is 11.8 Å². The topological polar surface area (TPSA) is 114 Å². The van der Waals surface area contributed by atoms with Crippen molar-refractivity contribution < 1.29 is 22.7 Å². The molecule has 156 valence electrons. The highest BCUT2D eigenvalue weighted by atomic mass is 32.2. The Morgan fingerprint density at radius 1 is 1.03 bits per heavy atom. The number of carbonyl (C=O) groups excluding carboxylic acids is 2. The van der Waals surface area contributed by atoms with Crippen LogP contribution >= 0.6 is 11.3 Å². The molecule has 2 N–H and O–H groups in total. The Labute approximate surface area is 177 Å². The third kappa shape index (κ3) is 5.02. The first kappa shape index (κ1) is 21.5. The molecular formula is C20H19N3O5S2. The predicted octanol–water partition coefficient (Wildman–Crippen LogP) is 4.03. The molecule has 1 heterocycles. The van der Waals surface area contributed by atoms with Crippen molar-refractivity contribution in [1.82, 2.24) is 4.98 Å². The van der Waals surface area contributed by atoms with E-state index in [9.17, 15) is 18.0 Å². The van der Waals surface area contributed by atoms with E-state index in [1.807, 2.05) is 30.3 Å². The molecule has 0 atom stereocenters. The number of rotatable bonds is 6. The van der Waals surface area contributed by atoms with Crippen molar-refractivity contribution in [2.24, 2.45) is 0 Å². The summed E-state index contributed by atoms with van der Waals surface area (Å²) in [6.07, 6.45) is 0.383. The first-order valence-electron chi connectivity index (χ1n) is 8.90.